The minimum Gasteiger partial charge on any atom is -0.459 e. The molecule has 3 heteroatoms. The molecule has 1 heterocycles. The number of furan rings is 1. The number of amides is 1. The van der Waals surface area contributed by atoms with E-state index in [1.807, 2.05) is 61.5 Å². The lowest BCUT2D eigenvalue weighted by molar-refractivity contribution is -0.121. The Labute approximate surface area is 146 Å². The summed E-state index contributed by atoms with van der Waals surface area (Å²) in [6.45, 7) is 1.94. The molecule has 1 aromatic heterocycles. The Morgan fingerprint density at radius 2 is 1.68 bits per heavy atom. The Kier molecular flexibility index (Phi) is 3.98. The molecule has 0 aliphatic heterocycles. The third-order valence-corrected chi connectivity index (χ3v) is 4.48. The summed E-state index contributed by atoms with van der Waals surface area (Å²) in [4.78, 5) is 12.5. The second kappa shape index (κ2) is 6.44. The Bertz CT molecular complexity index is 1010. The molecule has 0 fully saturated rings. The molecule has 3 nitrogen and oxygen atoms in total. The molecule has 124 valence electrons. The van der Waals surface area contributed by atoms with E-state index in [0.29, 0.717) is 6.42 Å². The van der Waals surface area contributed by atoms with E-state index in [9.17, 15) is 4.79 Å². The second-order valence-electron chi connectivity index (χ2n) is 6.29. The average Bonchev–Trinajstić information content (AvgIpc) is 3.06. The van der Waals surface area contributed by atoms with Crippen LogP contribution in [0.4, 0.5) is 0 Å². The van der Waals surface area contributed by atoms with Crippen molar-refractivity contribution in [3.05, 3.63) is 84.1 Å². The van der Waals surface area contributed by atoms with Crippen molar-refractivity contribution in [1.82, 2.24) is 5.32 Å². The van der Waals surface area contributed by atoms with Crippen molar-refractivity contribution < 1.29 is 9.21 Å². The van der Waals surface area contributed by atoms with Crippen LogP contribution in [0.2, 0.25) is 0 Å². The minimum atomic E-state index is -0.171. The van der Waals surface area contributed by atoms with Crippen molar-refractivity contribution in [2.45, 2.75) is 19.4 Å². The average molecular weight is 329 g/mol. The first-order chi connectivity index (χ1) is 12.2. The molecule has 0 aliphatic rings. The van der Waals surface area contributed by atoms with Crippen molar-refractivity contribution in [1.29, 1.82) is 0 Å². The Balaban J connectivity index is 1.51. The normalized spacial score (nSPS) is 12.4. The van der Waals surface area contributed by atoms with E-state index in [-0.39, 0.29) is 11.9 Å². The molecule has 1 amide bonds. The number of benzene rings is 3. The summed E-state index contributed by atoms with van der Waals surface area (Å²) in [5, 5.41) is 6.36. The first-order valence-corrected chi connectivity index (χ1v) is 8.45. The lowest BCUT2D eigenvalue weighted by Crippen LogP contribution is -2.27. The van der Waals surface area contributed by atoms with Crippen LogP contribution in [0.1, 0.15) is 24.3 Å². The smallest absolute Gasteiger partial charge is 0.225 e. The third-order valence-electron chi connectivity index (χ3n) is 4.48. The van der Waals surface area contributed by atoms with Crippen molar-refractivity contribution >= 4 is 27.6 Å². The van der Waals surface area contributed by atoms with Crippen molar-refractivity contribution in [3.8, 4) is 0 Å². The van der Waals surface area contributed by atoms with Gasteiger partial charge in [-0.05, 0) is 35.4 Å². The van der Waals surface area contributed by atoms with Crippen LogP contribution < -0.4 is 5.32 Å². The Hall–Kier alpha value is -3.07. The van der Waals surface area contributed by atoms with Crippen molar-refractivity contribution in [2.75, 3.05) is 0 Å². The van der Waals surface area contributed by atoms with E-state index < -0.39 is 0 Å². The van der Waals surface area contributed by atoms with E-state index in [0.717, 1.165) is 33.1 Å². The van der Waals surface area contributed by atoms with Crippen molar-refractivity contribution in [3.63, 3.8) is 0 Å². The van der Waals surface area contributed by atoms with Crippen LogP contribution in [0.15, 0.2) is 77.2 Å². The molecule has 1 N–H and O–H groups in total. The van der Waals surface area contributed by atoms with Crippen LogP contribution in [0.3, 0.4) is 0 Å². The summed E-state index contributed by atoms with van der Waals surface area (Å²) < 4.78 is 5.84. The molecule has 0 spiro atoms. The summed E-state index contributed by atoms with van der Waals surface area (Å²) in [5.74, 6) is 0.761. The van der Waals surface area contributed by atoms with Gasteiger partial charge in [-0.1, -0.05) is 60.7 Å². The van der Waals surface area contributed by atoms with Gasteiger partial charge in [0.25, 0.3) is 0 Å². The number of hydrogen-bond donors (Lipinski definition) is 1. The molecule has 3 aromatic carbocycles. The standard InChI is InChI=1S/C22H19NO2/c1-15(21-13-18-8-3-5-12-20(18)25-21)23-22(24)14-17-10-6-9-16-7-2-4-11-19(16)17/h2-13,15H,14H2,1H3,(H,23,24). The lowest BCUT2D eigenvalue weighted by atomic mass is 10.0. The number of carbonyl (C=O) groups excluding carboxylic acids is 1. The molecule has 0 aliphatic carbocycles. The largest absolute Gasteiger partial charge is 0.459 e. The molecule has 0 bridgehead atoms. The first-order valence-electron chi connectivity index (χ1n) is 8.45. The van der Waals surface area contributed by atoms with Crippen LogP contribution in [0.25, 0.3) is 21.7 Å². The van der Waals surface area contributed by atoms with Gasteiger partial charge < -0.3 is 9.73 Å². The molecular weight excluding hydrogens is 310 g/mol. The summed E-state index contributed by atoms with van der Waals surface area (Å²) in [6.07, 6.45) is 0.353. The van der Waals surface area contributed by atoms with Crippen LogP contribution in [0, 0.1) is 0 Å². The SMILES string of the molecule is CC(NC(=O)Cc1cccc2ccccc12)c1cc2ccccc2o1. The number of rotatable bonds is 4. The minimum absolute atomic E-state index is 0.00990. The lowest BCUT2D eigenvalue weighted by Gasteiger charge is -2.12. The topological polar surface area (TPSA) is 42.2 Å². The maximum Gasteiger partial charge on any atom is 0.225 e. The molecule has 4 rings (SSSR count). The zero-order valence-electron chi connectivity index (χ0n) is 14.0. The fraction of sp³-hybridized carbons (Fsp3) is 0.136. The summed E-state index contributed by atoms with van der Waals surface area (Å²) in [7, 11) is 0. The fourth-order valence-electron chi connectivity index (χ4n) is 3.20. The van der Waals surface area contributed by atoms with Crippen LogP contribution in [0.5, 0.6) is 0 Å². The summed E-state index contributed by atoms with van der Waals surface area (Å²) in [5.41, 5.74) is 1.88. The Morgan fingerprint density at radius 3 is 2.52 bits per heavy atom. The highest BCUT2D eigenvalue weighted by Gasteiger charge is 2.15. The summed E-state index contributed by atoms with van der Waals surface area (Å²) >= 11 is 0. The number of para-hydroxylation sites is 1. The van der Waals surface area contributed by atoms with Gasteiger partial charge in [-0.25, -0.2) is 0 Å². The van der Waals surface area contributed by atoms with Gasteiger partial charge in [0.1, 0.15) is 11.3 Å². The second-order valence-corrected chi connectivity index (χ2v) is 6.29. The van der Waals surface area contributed by atoms with E-state index in [1.54, 1.807) is 0 Å². The fourth-order valence-corrected chi connectivity index (χ4v) is 3.20. The maximum atomic E-state index is 12.5. The van der Waals surface area contributed by atoms with Gasteiger partial charge in [0.05, 0.1) is 12.5 Å². The zero-order valence-corrected chi connectivity index (χ0v) is 14.0. The number of hydrogen-bond acceptors (Lipinski definition) is 2. The molecule has 25 heavy (non-hydrogen) atoms. The third kappa shape index (κ3) is 3.13. The van der Waals surface area contributed by atoms with E-state index >= 15 is 0 Å². The quantitative estimate of drug-likeness (QED) is 0.572. The van der Waals surface area contributed by atoms with Gasteiger partial charge >= 0.3 is 0 Å². The van der Waals surface area contributed by atoms with Gasteiger partial charge in [0.2, 0.25) is 5.91 Å². The predicted octanol–water partition coefficient (Wildman–Crippen LogP) is 5.01. The van der Waals surface area contributed by atoms with Gasteiger partial charge in [0, 0.05) is 5.39 Å². The van der Waals surface area contributed by atoms with E-state index in [1.165, 1.54) is 0 Å². The van der Waals surface area contributed by atoms with E-state index in [4.69, 9.17) is 4.42 Å². The van der Waals surface area contributed by atoms with E-state index in [2.05, 4.69) is 23.5 Å². The first kappa shape index (κ1) is 15.5. The monoisotopic (exact) mass is 329 g/mol. The molecule has 0 radical (unpaired) electrons. The Morgan fingerprint density at radius 1 is 0.960 bits per heavy atom. The highest BCUT2D eigenvalue weighted by molar-refractivity contribution is 5.90. The zero-order chi connectivity index (χ0) is 17.2. The maximum absolute atomic E-state index is 12.5. The van der Waals surface area contributed by atoms with Crippen LogP contribution in [-0.4, -0.2) is 5.91 Å². The van der Waals surface area contributed by atoms with Crippen molar-refractivity contribution in [2.24, 2.45) is 0 Å². The van der Waals surface area contributed by atoms with Crippen LogP contribution in [-0.2, 0) is 11.2 Å². The number of carbonyl (C=O) groups is 1. The van der Waals surface area contributed by atoms with Gasteiger partial charge in [-0.2, -0.15) is 0 Å². The predicted molar refractivity (Wildman–Crippen MR) is 100 cm³/mol. The summed E-state index contributed by atoms with van der Waals surface area (Å²) in [6, 6.07) is 23.9. The number of fused-ring (bicyclic) bond motifs is 2. The van der Waals surface area contributed by atoms with Crippen LogP contribution >= 0.6 is 0 Å². The highest BCUT2D eigenvalue weighted by Crippen LogP contribution is 2.24. The molecule has 1 unspecified atom stereocenters. The molecule has 1 atom stereocenters. The van der Waals surface area contributed by atoms with Gasteiger partial charge in [0.15, 0.2) is 0 Å². The highest BCUT2D eigenvalue weighted by atomic mass is 16.3. The van der Waals surface area contributed by atoms with Gasteiger partial charge in [-0.15, -0.1) is 0 Å². The molecule has 0 saturated heterocycles. The number of nitrogens with one attached hydrogen (secondary N) is 1. The molecule has 0 saturated carbocycles. The molecular formula is C22H19NO2. The van der Waals surface area contributed by atoms with Gasteiger partial charge in [-0.3, -0.25) is 4.79 Å². The molecule has 4 aromatic rings.